The average Bonchev–Trinajstić information content (AvgIpc) is 3.25. The molecule has 4 rings (SSSR count). The third-order valence-corrected chi connectivity index (χ3v) is 6.73. The number of hydrogen-bond donors (Lipinski definition) is 2. The first-order valence-corrected chi connectivity index (χ1v) is 12.4. The van der Waals surface area contributed by atoms with Crippen LogP contribution in [0.15, 0.2) is 63.0 Å². The second kappa shape index (κ2) is 8.82. The number of nitrogens with zero attached hydrogens (tertiary/aromatic N) is 3. The first-order valence-electron chi connectivity index (χ1n) is 10.4. The molecule has 0 saturated heterocycles. The van der Waals surface area contributed by atoms with Crippen LogP contribution in [0.3, 0.4) is 0 Å². The van der Waals surface area contributed by atoms with Crippen LogP contribution in [0.4, 0.5) is 5.69 Å². The number of anilines is 1. The Labute approximate surface area is 206 Å². The first-order chi connectivity index (χ1) is 16.3. The van der Waals surface area contributed by atoms with Crippen molar-refractivity contribution in [3.63, 3.8) is 0 Å². The molecule has 182 valence electrons. The third kappa shape index (κ3) is 5.20. The topological polar surface area (TPSA) is 148 Å². The molecule has 0 radical (unpaired) electrons. The number of fused-ring (bicyclic) bond motifs is 1. The minimum absolute atomic E-state index is 0.0298. The molecule has 1 aliphatic heterocycles. The van der Waals surface area contributed by atoms with E-state index in [4.69, 9.17) is 21.9 Å². The fraction of sp³-hybridized carbons (Fsp3) is 0.217. The molecule has 0 bridgehead atoms. The van der Waals surface area contributed by atoms with Crippen LogP contribution in [-0.2, 0) is 21.2 Å². The molecule has 0 unspecified atom stereocenters. The van der Waals surface area contributed by atoms with E-state index in [-0.39, 0.29) is 28.8 Å². The van der Waals surface area contributed by atoms with Crippen molar-refractivity contribution in [3.8, 4) is 11.4 Å². The summed E-state index contributed by atoms with van der Waals surface area (Å²) in [5.41, 5.74) is 6.02. The van der Waals surface area contributed by atoms with Gasteiger partial charge < -0.3 is 20.5 Å². The van der Waals surface area contributed by atoms with Gasteiger partial charge in [0.1, 0.15) is 5.70 Å². The first kappa shape index (κ1) is 24.4. The van der Waals surface area contributed by atoms with Gasteiger partial charge in [0.2, 0.25) is 15.7 Å². The van der Waals surface area contributed by atoms with Crippen LogP contribution in [0.25, 0.3) is 11.4 Å². The minimum atomic E-state index is -4.02. The Kier molecular flexibility index (Phi) is 6.16. The lowest BCUT2D eigenvalue weighted by Crippen LogP contribution is -2.40. The molecule has 2 amide bonds. The number of nitrogens with one attached hydrogen (secondary N) is 1. The lowest BCUT2D eigenvalue weighted by molar-refractivity contribution is -0.115. The summed E-state index contributed by atoms with van der Waals surface area (Å²) in [6.07, 6.45) is 0. The van der Waals surface area contributed by atoms with Gasteiger partial charge in [-0.05, 0) is 56.7 Å². The standard InChI is InChI=1S/C23H22ClN5O5S/c1-23(2,3)27-20(30)21-26-19(28-34-21)14-6-9-18-17(10-14)29(11-13-4-7-15(24)8-5-13)22(31)16(25)12-35(18,32)33/h4-10,12H,11,25H2,1-3H3,(H,27,30). The number of carbonyl (C=O) groups is 2. The highest BCUT2D eigenvalue weighted by molar-refractivity contribution is 7.94. The number of amides is 2. The summed E-state index contributed by atoms with van der Waals surface area (Å²) in [7, 11) is -4.02. The van der Waals surface area contributed by atoms with Crippen molar-refractivity contribution in [3.05, 3.63) is 70.0 Å². The predicted molar refractivity (Wildman–Crippen MR) is 129 cm³/mol. The molecule has 0 saturated carbocycles. The molecule has 3 aromatic rings. The number of nitrogens with two attached hydrogens (primary N) is 1. The Hall–Kier alpha value is -3.70. The molecule has 2 aromatic carbocycles. The molecule has 0 spiro atoms. The fourth-order valence-electron chi connectivity index (χ4n) is 3.41. The van der Waals surface area contributed by atoms with Gasteiger partial charge in [-0.3, -0.25) is 9.59 Å². The molecular formula is C23H22ClN5O5S. The zero-order valence-corrected chi connectivity index (χ0v) is 20.6. The van der Waals surface area contributed by atoms with Crippen molar-refractivity contribution in [1.82, 2.24) is 15.5 Å². The van der Waals surface area contributed by atoms with E-state index in [0.29, 0.717) is 16.1 Å². The lowest BCUT2D eigenvalue weighted by atomic mass is 10.1. The SMILES string of the molecule is CC(C)(C)NC(=O)c1nc(-c2ccc3c(c2)N(Cc2ccc(Cl)cc2)C(=O)C(N)=CS3(=O)=O)no1. The summed E-state index contributed by atoms with van der Waals surface area (Å²) < 4.78 is 30.9. The van der Waals surface area contributed by atoms with Crippen molar-refractivity contribution >= 4 is 38.9 Å². The zero-order chi connectivity index (χ0) is 25.5. The van der Waals surface area contributed by atoms with E-state index in [9.17, 15) is 18.0 Å². The van der Waals surface area contributed by atoms with Crippen LogP contribution in [0, 0.1) is 0 Å². The number of rotatable bonds is 4. The molecule has 2 heterocycles. The van der Waals surface area contributed by atoms with Gasteiger partial charge >= 0.3 is 11.8 Å². The summed E-state index contributed by atoms with van der Waals surface area (Å²) in [5.74, 6) is -1.44. The second-order valence-electron chi connectivity index (χ2n) is 8.95. The Morgan fingerprint density at radius 1 is 1.17 bits per heavy atom. The Morgan fingerprint density at radius 2 is 1.86 bits per heavy atom. The minimum Gasteiger partial charge on any atom is -0.394 e. The monoisotopic (exact) mass is 515 g/mol. The molecule has 0 aliphatic carbocycles. The van der Waals surface area contributed by atoms with Gasteiger partial charge in [0, 0.05) is 16.1 Å². The number of benzene rings is 2. The summed E-state index contributed by atoms with van der Waals surface area (Å²) in [6.45, 7) is 5.45. The number of carbonyl (C=O) groups excluding carboxylic acids is 2. The maximum atomic E-state index is 13.1. The largest absolute Gasteiger partial charge is 0.394 e. The summed E-state index contributed by atoms with van der Waals surface area (Å²) in [6, 6.07) is 11.0. The summed E-state index contributed by atoms with van der Waals surface area (Å²) >= 11 is 5.96. The van der Waals surface area contributed by atoms with Gasteiger partial charge in [0.25, 0.3) is 5.91 Å². The van der Waals surface area contributed by atoms with E-state index in [1.165, 1.54) is 23.1 Å². The van der Waals surface area contributed by atoms with Crippen molar-refractivity contribution < 1.29 is 22.5 Å². The molecule has 12 heteroatoms. The van der Waals surface area contributed by atoms with E-state index in [2.05, 4.69) is 15.5 Å². The van der Waals surface area contributed by atoms with Crippen molar-refractivity contribution in [2.75, 3.05) is 4.90 Å². The molecule has 0 fully saturated rings. The molecule has 1 aromatic heterocycles. The van der Waals surface area contributed by atoms with Gasteiger partial charge in [-0.2, -0.15) is 4.98 Å². The van der Waals surface area contributed by atoms with Crippen molar-refractivity contribution in [1.29, 1.82) is 0 Å². The summed E-state index contributed by atoms with van der Waals surface area (Å²) in [4.78, 5) is 30.7. The highest BCUT2D eigenvalue weighted by atomic mass is 35.5. The van der Waals surface area contributed by atoms with Crippen molar-refractivity contribution in [2.45, 2.75) is 37.8 Å². The Morgan fingerprint density at radius 3 is 2.51 bits per heavy atom. The van der Waals surface area contributed by atoms with Gasteiger partial charge in [-0.15, -0.1) is 0 Å². The maximum absolute atomic E-state index is 13.1. The molecule has 35 heavy (non-hydrogen) atoms. The van der Waals surface area contributed by atoms with Gasteiger partial charge in [-0.1, -0.05) is 28.9 Å². The zero-order valence-electron chi connectivity index (χ0n) is 19.1. The average molecular weight is 516 g/mol. The molecule has 0 atom stereocenters. The van der Waals surface area contributed by atoms with Gasteiger partial charge in [0.15, 0.2) is 0 Å². The lowest BCUT2D eigenvalue weighted by Gasteiger charge is -2.23. The fourth-order valence-corrected chi connectivity index (χ4v) is 4.82. The number of aromatic nitrogens is 2. The number of halogens is 1. The summed E-state index contributed by atoms with van der Waals surface area (Å²) in [5, 5.41) is 7.83. The second-order valence-corrected chi connectivity index (χ2v) is 11.1. The highest BCUT2D eigenvalue weighted by Crippen LogP contribution is 2.35. The molecule has 10 nitrogen and oxygen atoms in total. The molecule has 3 N–H and O–H groups in total. The number of sulfone groups is 1. The van der Waals surface area contributed by atoms with E-state index in [1.54, 1.807) is 45.0 Å². The molecule has 1 aliphatic rings. The van der Waals surface area contributed by atoms with Crippen LogP contribution in [0.2, 0.25) is 5.02 Å². The smallest absolute Gasteiger partial charge is 0.316 e. The number of hydrogen-bond acceptors (Lipinski definition) is 8. The quantitative estimate of drug-likeness (QED) is 0.538. The van der Waals surface area contributed by atoms with E-state index in [0.717, 1.165) is 5.41 Å². The van der Waals surface area contributed by atoms with Crippen LogP contribution < -0.4 is 16.0 Å². The van der Waals surface area contributed by atoms with Crippen LogP contribution in [-0.4, -0.2) is 35.9 Å². The van der Waals surface area contributed by atoms with E-state index in [1.807, 2.05) is 0 Å². The van der Waals surface area contributed by atoms with Crippen LogP contribution in [0.1, 0.15) is 37.0 Å². The Balaban J connectivity index is 1.78. The van der Waals surface area contributed by atoms with Gasteiger partial charge in [-0.25, -0.2) is 8.42 Å². The predicted octanol–water partition coefficient (Wildman–Crippen LogP) is 3.04. The van der Waals surface area contributed by atoms with Crippen LogP contribution >= 0.6 is 11.6 Å². The normalized spacial score (nSPS) is 15.3. The maximum Gasteiger partial charge on any atom is 0.316 e. The molecular weight excluding hydrogens is 494 g/mol. The third-order valence-electron chi connectivity index (χ3n) is 4.95. The van der Waals surface area contributed by atoms with Gasteiger partial charge in [0.05, 0.1) is 22.5 Å². The van der Waals surface area contributed by atoms with E-state index < -0.39 is 32.9 Å². The van der Waals surface area contributed by atoms with Crippen molar-refractivity contribution in [2.24, 2.45) is 5.73 Å². The van der Waals surface area contributed by atoms with E-state index >= 15 is 0 Å². The van der Waals surface area contributed by atoms with Crippen LogP contribution in [0.5, 0.6) is 0 Å². The highest BCUT2D eigenvalue weighted by Gasteiger charge is 2.32. The Bertz CT molecular complexity index is 1460.